The number of anilines is 1. The molecule has 1 atom stereocenters. The standard InChI is InChI=1S/C16H22N2O2S/c1-3-10-17-12-13(2)21(19,20)18-16-9-8-14-6-4-5-7-15(14)11-16/h4-9,11,13,17-18H,3,10,12H2,1-2H3. The normalized spacial score (nSPS) is 13.2. The highest BCUT2D eigenvalue weighted by Gasteiger charge is 2.20. The van der Waals surface area contributed by atoms with Gasteiger partial charge in [-0.05, 0) is 42.8 Å². The van der Waals surface area contributed by atoms with Crippen LogP contribution in [0.25, 0.3) is 10.8 Å². The summed E-state index contributed by atoms with van der Waals surface area (Å²) < 4.78 is 27.2. The quantitative estimate of drug-likeness (QED) is 0.773. The van der Waals surface area contributed by atoms with Gasteiger partial charge in [-0.15, -0.1) is 0 Å². The van der Waals surface area contributed by atoms with Crippen LogP contribution in [0.3, 0.4) is 0 Å². The minimum absolute atomic E-state index is 0.455. The predicted octanol–water partition coefficient (Wildman–Crippen LogP) is 2.97. The van der Waals surface area contributed by atoms with Crippen LogP contribution in [0.15, 0.2) is 42.5 Å². The Balaban J connectivity index is 2.10. The molecule has 2 aromatic carbocycles. The van der Waals surface area contributed by atoms with Crippen LogP contribution in [-0.4, -0.2) is 26.8 Å². The first-order valence-corrected chi connectivity index (χ1v) is 8.78. The monoisotopic (exact) mass is 306 g/mol. The topological polar surface area (TPSA) is 58.2 Å². The summed E-state index contributed by atoms with van der Waals surface area (Å²) in [6.45, 7) is 5.05. The highest BCUT2D eigenvalue weighted by molar-refractivity contribution is 7.93. The molecule has 2 aromatic rings. The summed E-state index contributed by atoms with van der Waals surface area (Å²) in [5, 5.41) is 4.78. The Morgan fingerprint density at radius 3 is 2.52 bits per heavy atom. The average Bonchev–Trinajstić information content (AvgIpc) is 2.47. The van der Waals surface area contributed by atoms with E-state index in [1.807, 2.05) is 36.4 Å². The highest BCUT2D eigenvalue weighted by Crippen LogP contribution is 2.20. The summed E-state index contributed by atoms with van der Waals surface area (Å²) in [6.07, 6.45) is 0.991. The molecule has 0 aliphatic heterocycles. The SMILES string of the molecule is CCCNCC(C)S(=O)(=O)Nc1ccc2ccccc2c1. The molecule has 0 bridgehead atoms. The lowest BCUT2D eigenvalue weighted by molar-refractivity contribution is 0.576. The second-order valence-corrected chi connectivity index (χ2v) is 7.32. The minimum Gasteiger partial charge on any atom is -0.315 e. The molecule has 0 spiro atoms. The van der Waals surface area contributed by atoms with Crippen molar-refractivity contribution in [1.29, 1.82) is 0 Å². The summed E-state index contributed by atoms with van der Waals surface area (Å²) in [7, 11) is -3.37. The van der Waals surface area contributed by atoms with Crippen molar-refractivity contribution >= 4 is 26.5 Å². The molecule has 21 heavy (non-hydrogen) atoms. The molecular formula is C16H22N2O2S. The molecular weight excluding hydrogens is 284 g/mol. The number of sulfonamides is 1. The van der Waals surface area contributed by atoms with E-state index < -0.39 is 15.3 Å². The van der Waals surface area contributed by atoms with Crippen LogP contribution >= 0.6 is 0 Å². The van der Waals surface area contributed by atoms with Gasteiger partial charge in [0.1, 0.15) is 0 Å². The van der Waals surface area contributed by atoms with E-state index in [-0.39, 0.29) is 0 Å². The van der Waals surface area contributed by atoms with Crippen molar-refractivity contribution in [1.82, 2.24) is 5.32 Å². The summed E-state index contributed by atoms with van der Waals surface area (Å²) in [4.78, 5) is 0. The Hall–Kier alpha value is -1.59. The number of hydrogen-bond acceptors (Lipinski definition) is 3. The summed E-state index contributed by atoms with van der Waals surface area (Å²) in [5.41, 5.74) is 0.607. The Morgan fingerprint density at radius 1 is 1.10 bits per heavy atom. The van der Waals surface area contributed by atoms with Crippen molar-refractivity contribution in [3.63, 3.8) is 0 Å². The zero-order chi connectivity index (χ0) is 15.3. The number of rotatable bonds is 7. The minimum atomic E-state index is -3.37. The largest absolute Gasteiger partial charge is 0.315 e. The molecule has 0 saturated heterocycles. The fraction of sp³-hybridized carbons (Fsp3) is 0.375. The number of benzene rings is 2. The zero-order valence-electron chi connectivity index (χ0n) is 12.5. The van der Waals surface area contributed by atoms with Gasteiger partial charge in [-0.25, -0.2) is 8.42 Å². The van der Waals surface area contributed by atoms with Crippen LogP contribution in [-0.2, 0) is 10.0 Å². The van der Waals surface area contributed by atoms with Crippen LogP contribution in [0.1, 0.15) is 20.3 Å². The third-order valence-corrected chi connectivity index (χ3v) is 5.14. The maximum absolute atomic E-state index is 12.3. The zero-order valence-corrected chi connectivity index (χ0v) is 13.3. The molecule has 4 nitrogen and oxygen atoms in total. The van der Waals surface area contributed by atoms with Gasteiger partial charge in [0.25, 0.3) is 0 Å². The molecule has 0 radical (unpaired) electrons. The van der Waals surface area contributed by atoms with Crippen molar-refractivity contribution in [2.45, 2.75) is 25.5 Å². The molecule has 0 saturated carbocycles. The van der Waals surface area contributed by atoms with Crippen molar-refractivity contribution in [3.8, 4) is 0 Å². The number of fused-ring (bicyclic) bond motifs is 1. The maximum Gasteiger partial charge on any atom is 0.236 e. The molecule has 114 valence electrons. The van der Waals surface area contributed by atoms with E-state index in [1.165, 1.54) is 0 Å². The predicted molar refractivity (Wildman–Crippen MR) is 89.1 cm³/mol. The summed E-state index contributed by atoms with van der Waals surface area (Å²) in [5.74, 6) is 0. The van der Waals surface area contributed by atoms with Crippen LogP contribution in [0, 0.1) is 0 Å². The fourth-order valence-corrected chi connectivity index (χ4v) is 3.10. The molecule has 0 amide bonds. The maximum atomic E-state index is 12.3. The Kier molecular flexibility index (Phi) is 5.20. The van der Waals surface area contributed by atoms with Crippen molar-refractivity contribution in [2.75, 3.05) is 17.8 Å². The first-order valence-electron chi connectivity index (χ1n) is 7.24. The number of nitrogens with one attached hydrogen (secondary N) is 2. The lowest BCUT2D eigenvalue weighted by Gasteiger charge is -2.15. The van der Waals surface area contributed by atoms with Gasteiger partial charge in [-0.2, -0.15) is 0 Å². The van der Waals surface area contributed by atoms with Gasteiger partial charge in [0, 0.05) is 12.2 Å². The third-order valence-electron chi connectivity index (χ3n) is 3.40. The molecule has 5 heteroatoms. The van der Waals surface area contributed by atoms with Gasteiger partial charge in [0.05, 0.1) is 5.25 Å². The van der Waals surface area contributed by atoms with Gasteiger partial charge in [0.2, 0.25) is 10.0 Å². The Labute approximate surface area is 126 Å². The van der Waals surface area contributed by atoms with Gasteiger partial charge in [-0.1, -0.05) is 37.3 Å². The highest BCUT2D eigenvalue weighted by atomic mass is 32.2. The Morgan fingerprint density at radius 2 is 1.81 bits per heavy atom. The van der Waals surface area contributed by atoms with E-state index >= 15 is 0 Å². The van der Waals surface area contributed by atoms with Crippen molar-refractivity contribution < 1.29 is 8.42 Å². The molecule has 0 aliphatic carbocycles. The molecule has 0 aliphatic rings. The van der Waals surface area contributed by atoms with Gasteiger partial charge in [0.15, 0.2) is 0 Å². The van der Waals surface area contributed by atoms with E-state index in [0.29, 0.717) is 12.2 Å². The van der Waals surface area contributed by atoms with Crippen LogP contribution in [0.4, 0.5) is 5.69 Å². The first-order chi connectivity index (χ1) is 10.0. The van der Waals surface area contributed by atoms with Crippen LogP contribution < -0.4 is 10.0 Å². The van der Waals surface area contributed by atoms with Crippen LogP contribution in [0.5, 0.6) is 0 Å². The molecule has 2 rings (SSSR count). The molecule has 0 fully saturated rings. The van der Waals surface area contributed by atoms with Crippen molar-refractivity contribution in [3.05, 3.63) is 42.5 Å². The lowest BCUT2D eigenvalue weighted by Crippen LogP contribution is -2.35. The number of hydrogen-bond donors (Lipinski definition) is 2. The van der Waals surface area contributed by atoms with E-state index in [1.54, 1.807) is 13.0 Å². The van der Waals surface area contributed by atoms with E-state index in [9.17, 15) is 8.42 Å². The van der Waals surface area contributed by atoms with Crippen molar-refractivity contribution in [2.24, 2.45) is 0 Å². The Bertz CT molecular complexity index is 698. The summed E-state index contributed by atoms with van der Waals surface area (Å²) >= 11 is 0. The third kappa shape index (κ3) is 4.19. The molecule has 1 unspecified atom stereocenters. The molecule has 0 aromatic heterocycles. The van der Waals surface area contributed by atoms with Gasteiger partial charge < -0.3 is 5.32 Å². The molecule has 2 N–H and O–H groups in total. The lowest BCUT2D eigenvalue weighted by atomic mass is 10.1. The average molecular weight is 306 g/mol. The van der Waals surface area contributed by atoms with Gasteiger partial charge >= 0.3 is 0 Å². The van der Waals surface area contributed by atoms with Crippen LogP contribution in [0.2, 0.25) is 0 Å². The van der Waals surface area contributed by atoms with E-state index in [2.05, 4.69) is 17.0 Å². The molecule has 0 heterocycles. The fourth-order valence-electron chi connectivity index (χ4n) is 2.11. The van der Waals surface area contributed by atoms with E-state index in [0.717, 1.165) is 23.7 Å². The van der Waals surface area contributed by atoms with Gasteiger partial charge in [-0.3, -0.25) is 4.72 Å². The first kappa shape index (κ1) is 15.8. The summed E-state index contributed by atoms with van der Waals surface area (Å²) in [6, 6.07) is 13.5. The second-order valence-electron chi connectivity index (χ2n) is 5.22. The van der Waals surface area contributed by atoms with E-state index in [4.69, 9.17) is 0 Å². The smallest absolute Gasteiger partial charge is 0.236 e. The second kappa shape index (κ2) is 6.91.